The molecule has 0 N–H and O–H groups in total. The summed E-state index contributed by atoms with van der Waals surface area (Å²) in [7, 11) is 4.04. The fourth-order valence-corrected chi connectivity index (χ4v) is 6.34. The zero-order chi connectivity index (χ0) is 12.2. The van der Waals surface area contributed by atoms with Crippen molar-refractivity contribution in [2.75, 3.05) is 0 Å². The molecule has 0 aromatic heterocycles. The highest BCUT2D eigenvalue weighted by Crippen LogP contribution is 2.43. The van der Waals surface area contributed by atoms with Crippen molar-refractivity contribution in [1.82, 2.24) is 0 Å². The van der Waals surface area contributed by atoms with Crippen LogP contribution in [0.2, 0.25) is 0 Å². The highest BCUT2D eigenvalue weighted by atomic mass is 33.1. The monoisotopic (exact) mass is 294 g/mol. The van der Waals surface area contributed by atoms with E-state index in [1.54, 1.807) is 0 Å². The molecule has 0 nitrogen and oxygen atoms in total. The summed E-state index contributed by atoms with van der Waals surface area (Å²) in [5.74, 6) is 0. The van der Waals surface area contributed by atoms with Gasteiger partial charge in [-0.2, -0.15) is 0 Å². The van der Waals surface area contributed by atoms with Gasteiger partial charge in [-0.3, -0.25) is 0 Å². The van der Waals surface area contributed by atoms with E-state index in [1.807, 2.05) is 45.1 Å². The molecule has 94 valence electrons. The summed E-state index contributed by atoms with van der Waals surface area (Å²) >= 11 is 3.86. The molecule has 0 saturated carbocycles. The maximum atomic E-state index is 2.26. The van der Waals surface area contributed by atoms with Crippen molar-refractivity contribution in [3.63, 3.8) is 0 Å². The molecule has 0 heterocycles. The lowest BCUT2D eigenvalue weighted by Crippen LogP contribution is -1.94. The second-order valence-electron chi connectivity index (χ2n) is 3.08. The maximum absolute atomic E-state index is 2.26. The molecular formula is C12H22S4. The van der Waals surface area contributed by atoms with Crippen LogP contribution >= 0.6 is 45.1 Å². The van der Waals surface area contributed by atoms with Gasteiger partial charge in [0.2, 0.25) is 0 Å². The van der Waals surface area contributed by atoms with Gasteiger partial charge in [0.05, 0.1) is 9.16 Å². The zero-order valence-electron chi connectivity index (χ0n) is 10.5. The lowest BCUT2D eigenvalue weighted by molar-refractivity contribution is 1.06. The molecule has 2 unspecified atom stereocenters. The van der Waals surface area contributed by atoms with Crippen molar-refractivity contribution in [3.05, 3.63) is 23.0 Å². The number of hydrogen-bond donors (Lipinski definition) is 0. The third-order valence-corrected chi connectivity index (χ3v) is 8.71. The summed E-state index contributed by atoms with van der Waals surface area (Å²) < 4.78 is 1.36. The predicted octanol–water partition coefficient (Wildman–Crippen LogP) is 6.37. The molecule has 16 heavy (non-hydrogen) atoms. The SMILES string of the molecule is C/C=C/SC(CC)SSC(CC)S/C=C/C. The van der Waals surface area contributed by atoms with Crippen LogP contribution in [0.3, 0.4) is 0 Å². The third-order valence-electron chi connectivity index (χ3n) is 1.67. The normalized spacial score (nSPS) is 16.0. The zero-order valence-corrected chi connectivity index (χ0v) is 13.8. The van der Waals surface area contributed by atoms with Crippen LogP contribution in [-0.4, -0.2) is 9.16 Å². The minimum absolute atomic E-state index is 0.682. The Hall–Kier alpha value is 0.880. The second kappa shape index (κ2) is 12.3. The van der Waals surface area contributed by atoms with E-state index in [4.69, 9.17) is 0 Å². The molecular weight excluding hydrogens is 272 g/mol. The highest BCUT2D eigenvalue weighted by molar-refractivity contribution is 8.80. The number of thioether (sulfide) groups is 2. The van der Waals surface area contributed by atoms with Gasteiger partial charge in [0.1, 0.15) is 0 Å². The Labute approximate surface area is 117 Å². The molecule has 0 amide bonds. The first-order valence-corrected chi connectivity index (χ1v) is 9.79. The van der Waals surface area contributed by atoms with Gasteiger partial charge in [0.25, 0.3) is 0 Å². The van der Waals surface area contributed by atoms with Gasteiger partial charge in [0, 0.05) is 0 Å². The van der Waals surface area contributed by atoms with E-state index in [1.165, 1.54) is 12.8 Å². The van der Waals surface area contributed by atoms with Crippen molar-refractivity contribution in [3.8, 4) is 0 Å². The predicted molar refractivity (Wildman–Crippen MR) is 88.2 cm³/mol. The summed E-state index contributed by atoms with van der Waals surface area (Å²) in [4.78, 5) is 0. The van der Waals surface area contributed by atoms with Crippen LogP contribution < -0.4 is 0 Å². The molecule has 0 saturated heterocycles. The van der Waals surface area contributed by atoms with Gasteiger partial charge in [-0.1, -0.05) is 47.6 Å². The van der Waals surface area contributed by atoms with Gasteiger partial charge in [-0.05, 0) is 37.5 Å². The smallest absolute Gasteiger partial charge is 0.0644 e. The van der Waals surface area contributed by atoms with Gasteiger partial charge in [-0.15, -0.1) is 23.5 Å². The van der Waals surface area contributed by atoms with Crippen molar-refractivity contribution in [1.29, 1.82) is 0 Å². The van der Waals surface area contributed by atoms with Crippen LogP contribution in [0.1, 0.15) is 40.5 Å². The van der Waals surface area contributed by atoms with Crippen molar-refractivity contribution in [2.45, 2.75) is 49.7 Å². The summed E-state index contributed by atoms with van der Waals surface area (Å²) in [5.41, 5.74) is 0. The number of rotatable bonds is 9. The van der Waals surface area contributed by atoms with E-state index >= 15 is 0 Å². The molecule has 4 heteroatoms. The van der Waals surface area contributed by atoms with Gasteiger partial charge >= 0.3 is 0 Å². The quantitative estimate of drug-likeness (QED) is 0.357. The van der Waals surface area contributed by atoms with Gasteiger partial charge < -0.3 is 0 Å². The van der Waals surface area contributed by atoms with Crippen LogP contribution in [0, 0.1) is 0 Å². The average molecular weight is 295 g/mol. The molecule has 0 aromatic carbocycles. The summed E-state index contributed by atoms with van der Waals surface area (Å²) in [6.07, 6.45) is 6.67. The molecule has 0 bridgehead atoms. The van der Waals surface area contributed by atoms with Gasteiger partial charge in [-0.25, -0.2) is 0 Å². The Bertz CT molecular complexity index is 179. The molecule has 0 aliphatic rings. The summed E-state index contributed by atoms with van der Waals surface area (Å²) in [6, 6.07) is 0. The lowest BCUT2D eigenvalue weighted by atomic mass is 10.6. The van der Waals surface area contributed by atoms with E-state index < -0.39 is 0 Å². The third kappa shape index (κ3) is 8.97. The Morgan fingerprint density at radius 1 is 0.812 bits per heavy atom. The minimum atomic E-state index is 0.682. The first kappa shape index (κ1) is 16.9. The number of allylic oxidation sites excluding steroid dienone is 2. The van der Waals surface area contributed by atoms with E-state index in [0.29, 0.717) is 9.16 Å². The van der Waals surface area contributed by atoms with Crippen LogP contribution in [0.5, 0.6) is 0 Å². The van der Waals surface area contributed by atoms with Crippen molar-refractivity contribution >= 4 is 45.1 Å². The minimum Gasteiger partial charge on any atom is -0.119 e. The van der Waals surface area contributed by atoms with Gasteiger partial charge in [0.15, 0.2) is 0 Å². The Morgan fingerprint density at radius 3 is 1.44 bits per heavy atom. The van der Waals surface area contributed by atoms with Crippen molar-refractivity contribution < 1.29 is 0 Å². The average Bonchev–Trinajstić information content (AvgIpc) is 2.33. The Kier molecular flexibility index (Phi) is 13.0. The van der Waals surface area contributed by atoms with E-state index in [-0.39, 0.29) is 0 Å². The Morgan fingerprint density at radius 2 is 1.19 bits per heavy atom. The highest BCUT2D eigenvalue weighted by Gasteiger charge is 2.11. The molecule has 0 aliphatic carbocycles. The summed E-state index contributed by atoms with van der Waals surface area (Å²) in [5, 5.41) is 4.39. The largest absolute Gasteiger partial charge is 0.119 e. The van der Waals surface area contributed by atoms with Crippen LogP contribution in [-0.2, 0) is 0 Å². The molecule has 0 radical (unpaired) electrons. The van der Waals surface area contributed by atoms with E-state index in [0.717, 1.165) is 0 Å². The first-order valence-electron chi connectivity index (χ1n) is 5.63. The molecule has 0 aliphatic heterocycles. The van der Waals surface area contributed by atoms with E-state index in [2.05, 4.69) is 50.7 Å². The van der Waals surface area contributed by atoms with Crippen LogP contribution in [0.25, 0.3) is 0 Å². The molecule has 0 aromatic rings. The molecule has 2 atom stereocenters. The standard InChI is InChI=1S/C12H22S4/c1-5-9-13-11(7-3)15-16-12(8-4)14-10-6-2/h5-6,9-12H,7-8H2,1-4H3/b9-5+,10-6+. The fraction of sp³-hybridized carbons (Fsp3) is 0.667. The van der Waals surface area contributed by atoms with Crippen LogP contribution in [0.4, 0.5) is 0 Å². The Balaban J connectivity index is 3.86. The van der Waals surface area contributed by atoms with Crippen molar-refractivity contribution in [2.24, 2.45) is 0 Å². The molecule has 0 fully saturated rings. The topological polar surface area (TPSA) is 0 Å². The summed E-state index contributed by atoms with van der Waals surface area (Å²) in [6.45, 7) is 8.67. The van der Waals surface area contributed by atoms with E-state index in [9.17, 15) is 0 Å². The maximum Gasteiger partial charge on any atom is 0.0644 e. The molecule has 0 spiro atoms. The molecule has 0 rings (SSSR count). The lowest BCUT2D eigenvalue weighted by Gasteiger charge is -2.15. The second-order valence-corrected chi connectivity index (χ2v) is 8.58. The fourth-order valence-electron chi connectivity index (χ4n) is 0.830. The van der Waals surface area contributed by atoms with Crippen LogP contribution in [0.15, 0.2) is 23.0 Å². The first-order chi connectivity index (χ1) is 7.78. The number of hydrogen-bond acceptors (Lipinski definition) is 4.